The molecule has 0 bridgehead atoms. The van der Waals surface area contributed by atoms with Crippen LogP contribution >= 0.6 is 15.9 Å². The molecule has 0 aliphatic heterocycles. The normalized spacial score (nSPS) is 12.7. The summed E-state index contributed by atoms with van der Waals surface area (Å²) in [6, 6.07) is 6.04. The van der Waals surface area contributed by atoms with Crippen molar-refractivity contribution in [3.05, 3.63) is 33.8 Å². The summed E-state index contributed by atoms with van der Waals surface area (Å²) in [4.78, 5) is 0. The quantitative estimate of drug-likeness (QED) is 0.833. The first kappa shape index (κ1) is 12.9. The predicted octanol–water partition coefficient (Wildman–Crippen LogP) is 2.65. The lowest BCUT2D eigenvalue weighted by Crippen LogP contribution is -2.07. The van der Waals surface area contributed by atoms with Crippen LogP contribution in [0.3, 0.4) is 0 Å². The first-order valence-electron chi connectivity index (χ1n) is 4.72. The van der Waals surface area contributed by atoms with Crippen LogP contribution in [0.1, 0.15) is 11.1 Å². The molecule has 0 aromatic heterocycles. The largest absolute Gasteiger partial charge is 0.384 e. The van der Waals surface area contributed by atoms with Crippen molar-refractivity contribution in [1.82, 2.24) is 0 Å². The van der Waals surface area contributed by atoms with Crippen molar-refractivity contribution < 1.29 is 8.95 Å². The van der Waals surface area contributed by atoms with E-state index in [1.54, 1.807) is 7.11 Å². The highest BCUT2D eigenvalue weighted by Crippen LogP contribution is 2.17. The molecule has 1 atom stereocenters. The average Bonchev–Trinajstić information content (AvgIpc) is 2.19. The second-order valence-electron chi connectivity index (χ2n) is 3.35. The van der Waals surface area contributed by atoms with Crippen molar-refractivity contribution in [2.24, 2.45) is 0 Å². The maximum Gasteiger partial charge on any atom is 0.0577 e. The van der Waals surface area contributed by atoms with Gasteiger partial charge in [-0.2, -0.15) is 0 Å². The van der Waals surface area contributed by atoms with Gasteiger partial charge < -0.3 is 4.74 Å². The Labute approximate surface area is 102 Å². The molecule has 0 aliphatic rings. The number of ether oxygens (including phenoxy) is 1. The van der Waals surface area contributed by atoms with E-state index in [4.69, 9.17) is 4.74 Å². The molecule has 0 unspecified atom stereocenters. The Morgan fingerprint density at radius 3 is 2.80 bits per heavy atom. The fourth-order valence-electron chi connectivity index (χ4n) is 1.24. The van der Waals surface area contributed by atoms with Crippen LogP contribution < -0.4 is 0 Å². The van der Waals surface area contributed by atoms with Crippen LogP contribution in [-0.2, 0) is 21.3 Å². The Balaban J connectivity index is 2.60. The number of hydrogen-bond donors (Lipinski definition) is 0. The zero-order valence-electron chi connectivity index (χ0n) is 8.96. The molecule has 1 rings (SSSR count). The first-order valence-corrected chi connectivity index (χ1v) is 7.00. The number of aryl methyl sites for hydroxylation is 1. The van der Waals surface area contributed by atoms with Crippen LogP contribution in [0.25, 0.3) is 0 Å². The lowest BCUT2D eigenvalue weighted by atomic mass is 10.1. The molecule has 0 spiro atoms. The van der Waals surface area contributed by atoms with Gasteiger partial charge in [-0.15, -0.1) is 0 Å². The van der Waals surface area contributed by atoms with Crippen molar-refractivity contribution >= 4 is 26.7 Å². The zero-order valence-corrected chi connectivity index (χ0v) is 11.4. The third-order valence-corrected chi connectivity index (χ3v) is 3.88. The van der Waals surface area contributed by atoms with Crippen molar-refractivity contribution in [3.8, 4) is 0 Å². The number of hydrogen-bond acceptors (Lipinski definition) is 2. The zero-order chi connectivity index (χ0) is 11.3. The lowest BCUT2D eigenvalue weighted by molar-refractivity contribution is 0.218. The Hall–Kier alpha value is -0.190. The van der Waals surface area contributed by atoms with E-state index in [1.807, 2.05) is 25.1 Å². The van der Waals surface area contributed by atoms with Crippen molar-refractivity contribution in [2.75, 3.05) is 19.5 Å². The molecule has 0 fully saturated rings. The summed E-state index contributed by atoms with van der Waals surface area (Å²) >= 11 is 3.41. The molecular weight excluding hydrogens is 276 g/mol. The third-order valence-electron chi connectivity index (χ3n) is 2.14. The van der Waals surface area contributed by atoms with Gasteiger partial charge in [-0.05, 0) is 30.2 Å². The van der Waals surface area contributed by atoms with Gasteiger partial charge in [0.05, 0.1) is 6.61 Å². The molecule has 0 radical (unpaired) electrons. The van der Waals surface area contributed by atoms with E-state index in [1.165, 1.54) is 5.56 Å². The molecule has 84 valence electrons. The van der Waals surface area contributed by atoms with Gasteiger partial charge in [-0.1, -0.05) is 22.0 Å². The van der Waals surface area contributed by atoms with Gasteiger partial charge in [0.1, 0.15) is 0 Å². The maximum absolute atomic E-state index is 11.6. The molecule has 0 aliphatic carbocycles. The van der Waals surface area contributed by atoms with Crippen LogP contribution in [0.5, 0.6) is 0 Å². The van der Waals surface area contributed by atoms with E-state index in [9.17, 15) is 4.21 Å². The standard InChI is InChI=1S/C11H15BrO2S/c1-9-7-11(12)4-3-10(9)8-15(13)6-5-14-2/h3-4,7H,5-6,8H2,1-2H3/t15-/m1/s1. The van der Waals surface area contributed by atoms with Crippen LogP contribution in [0, 0.1) is 6.92 Å². The minimum Gasteiger partial charge on any atom is -0.384 e. The maximum atomic E-state index is 11.6. The molecule has 0 amide bonds. The van der Waals surface area contributed by atoms with Crippen molar-refractivity contribution in [2.45, 2.75) is 12.7 Å². The Bertz CT molecular complexity index is 352. The van der Waals surface area contributed by atoms with Gasteiger partial charge in [0.2, 0.25) is 0 Å². The van der Waals surface area contributed by atoms with Gasteiger partial charge in [0, 0.05) is 33.9 Å². The van der Waals surface area contributed by atoms with Crippen LogP contribution in [0.15, 0.2) is 22.7 Å². The summed E-state index contributed by atoms with van der Waals surface area (Å²) in [6.07, 6.45) is 0. The van der Waals surface area contributed by atoms with Crippen LogP contribution in [-0.4, -0.2) is 23.7 Å². The summed E-state index contributed by atoms with van der Waals surface area (Å²) in [6.45, 7) is 2.59. The number of halogens is 1. The summed E-state index contributed by atoms with van der Waals surface area (Å²) < 4.78 is 17.6. The van der Waals surface area contributed by atoms with E-state index in [0.29, 0.717) is 18.1 Å². The van der Waals surface area contributed by atoms with Crippen LogP contribution in [0.4, 0.5) is 0 Å². The van der Waals surface area contributed by atoms with Gasteiger partial charge in [0.25, 0.3) is 0 Å². The number of rotatable bonds is 5. The summed E-state index contributed by atoms with van der Waals surface area (Å²) in [5, 5.41) is 0. The molecule has 0 saturated carbocycles. The third kappa shape index (κ3) is 4.45. The highest BCUT2D eigenvalue weighted by molar-refractivity contribution is 9.10. The predicted molar refractivity (Wildman–Crippen MR) is 67.5 cm³/mol. The lowest BCUT2D eigenvalue weighted by Gasteiger charge is -2.06. The fourth-order valence-corrected chi connectivity index (χ4v) is 2.89. The first-order chi connectivity index (χ1) is 7.13. The van der Waals surface area contributed by atoms with E-state index in [-0.39, 0.29) is 0 Å². The topological polar surface area (TPSA) is 26.3 Å². The SMILES string of the molecule is COCC[S@@](=O)Cc1ccc(Br)cc1C. The minimum atomic E-state index is -0.828. The molecular formula is C11H15BrO2S. The minimum absolute atomic E-state index is 0.558. The Morgan fingerprint density at radius 2 is 2.20 bits per heavy atom. The molecule has 1 aromatic rings. The van der Waals surface area contributed by atoms with Gasteiger partial charge in [-0.3, -0.25) is 4.21 Å². The summed E-state index contributed by atoms with van der Waals surface area (Å²) in [7, 11) is 0.799. The van der Waals surface area contributed by atoms with E-state index in [0.717, 1.165) is 10.0 Å². The van der Waals surface area contributed by atoms with Crippen molar-refractivity contribution in [3.63, 3.8) is 0 Å². The second kappa shape index (κ2) is 6.40. The highest BCUT2D eigenvalue weighted by atomic mass is 79.9. The molecule has 2 nitrogen and oxygen atoms in total. The Morgan fingerprint density at radius 1 is 1.47 bits per heavy atom. The second-order valence-corrected chi connectivity index (χ2v) is 5.84. The molecule has 4 heteroatoms. The molecule has 0 heterocycles. The monoisotopic (exact) mass is 290 g/mol. The number of benzene rings is 1. The Kier molecular flexibility index (Phi) is 5.50. The molecule has 15 heavy (non-hydrogen) atoms. The molecule has 0 saturated heterocycles. The van der Waals surface area contributed by atoms with Gasteiger partial charge in [-0.25, -0.2) is 0 Å². The van der Waals surface area contributed by atoms with E-state index in [2.05, 4.69) is 15.9 Å². The number of methoxy groups -OCH3 is 1. The molecule has 0 N–H and O–H groups in total. The highest BCUT2D eigenvalue weighted by Gasteiger charge is 2.04. The average molecular weight is 291 g/mol. The fraction of sp³-hybridized carbons (Fsp3) is 0.455. The van der Waals surface area contributed by atoms with Crippen LogP contribution in [0.2, 0.25) is 0 Å². The smallest absolute Gasteiger partial charge is 0.0577 e. The van der Waals surface area contributed by atoms with E-state index >= 15 is 0 Å². The summed E-state index contributed by atoms with van der Waals surface area (Å²) in [5.41, 5.74) is 2.32. The summed E-state index contributed by atoms with van der Waals surface area (Å²) in [5.74, 6) is 1.22. The van der Waals surface area contributed by atoms with Gasteiger partial charge >= 0.3 is 0 Å². The molecule has 1 aromatic carbocycles. The van der Waals surface area contributed by atoms with E-state index < -0.39 is 10.8 Å². The van der Waals surface area contributed by atoms with Gasteiger partial charge in [0.15, 0.2) is 0 Å². The van der Waals surface area contributed by atoms with Crippen molar-refractivity contribution in [1.29, 1.82) is 0 Å².